The van der Waals surface area contributed by atoms with Crippen molar-refractivity contribution in [2.24, 2.45) is 0 Å². The lowest BCUT2D eigenvalue weighted by atomic mass is 9.92. The summed E-state index contributed by atoms with van der Waals surface area (Å²) in [6.45, 7) is 7.26. The standard InChI is InChI=1S/C15H17ClO2/c1-3-6-11(4-2)9-10-14(18)15-12(16)7-5-8-13(15)17/h3-4,6H,1-2,5,7-10H2/b11-6+. The number of rotatable bonds is 6. The Balaban J connectivity index is 2.71. The number of allylic oxidation sites excluding steroid dienone is 6. The van der Waals surface area contributed by atoms with Crippen molar-refractivity contribution >= 4 is 23.2 Å². The fourth-order valence-corrected chi connectivity index (χ4v) is 2.24. The van der Waals surface area contributed by atoms with Gasteiger partial charge in [-0.05, 0) is 24.8 Å². The van der Waals surface area contributed by atoms with Crippen molar-refractivity contribution in [3.63, 3.8) is 0 Å². The lowest BCUT2D eigenvalue weighted by Crippen LogP contribution is -2.17. The molecule has 0 fully saturated rings. The highest BCUT2D eigenvalue weighted by molar-refractivity contribution is 6.37. The van der Waals surface area contributed by atoms with Crippen LogP contribution in [-0.2, 0) is 9.59 Å². The van der Waals surface area contributed by atoms with Gasteiger partial charge in [-0.2, -0.15) is 0 Å². The second-order valence-corrected chi connectivity index (χ2v) is 4.62. The Morgan fingerprint density at radius 2 is 2.00 bits per heavy atom. The lowest BCUT2D eigenvalue weighted by molar-refractivity contribution is -0.121. The molecule has 0 aromatic carbocycles. The first kappa shape index (κ1) is 14.7. The highest BCUT2D eigenvalue weighted by Gasteiger charge is 2.24. The molecular formula is C15H17ClO2. The molecule has 1 rings (SSSR count). The molecule has 0 aromatic heterocycles. The maximum atomic E-state index is 12.0. The molecule has 0 aromatic rings. The van der Waals surface area contributed by atoms with Gasteiger partial charge in [0.05, 0.1) is 5.57 Å². The molecule has 0 N–H and O–H groups in total. The molecule has 0 saturated carbocycles. The van der Waals surface area contributed by atoms with Crippen LogP contribution in [0.5, 0.6) is 0 Å². The maximum absolute atomic E-state index is 12.0. The molecular weight excluding hydrogens is 248 g/mol. The number of halogens is 1. The Kier molecular flexibility index (Phi) is 5.79. The van der Waals surface area contributed by atoms with Crippen LogP contribution in [0.15, 0.2) is 47.6 Å². The molecule has 0 radical (unpaired) electrons. The summed E-state index contributed by atoms with van der Waals surface area (Å²) in [6.07, 6.45) is 7.77. The van der Waals surface area contributed by atoms with E-state index in [0.29, 0.717) is 24.3 Å². The van der Waals surface area contributed by atoms with Gasteiger partial charge in [-0.15, -0.1) is 0 Å². The molecule has 0 spiro atoms. The van der Waals surface area contributed by atoms with Crippen molar-refractivity contribution in [2.45, 2.75) is 32.1 Å². The predicted octanol–water partition coefficient (Wildman–Crippen LogP) is 3.88. The van der Waals surface area contributed by atoms with Crippen LogP contribution in [0.3, 0.4) is 0 Å². The topological polar surface area (TPSA) is 34.1 Å². The highest BCUT2D eigenvalue weighted by atomic mass is 35.5. The summed E-state index contributed by atoms with van der Waals surface area (Å²) in [5.74, 6) is -0.286. The van der Waals surface area contributed by atoms with Gasteiger partial charge in [0, 0.05) is 17.9 Å². The Morgan fingerprint density at radius 3 is 2.56 bits per heavy atom. The van der Waals surface area contributed by atoms with Crippen LogP contribution in [0.1, 0.15) is 32.1 Å². The maximum Gasteiger partial charge on any atom is 0.167 e. The van der Waals surface area contributed by atoms with Crippen molar-refractivity contribution in [2.75, 3.05) is 0 Å². The summed E-state index contributed by atoms with van der Waals surface area (Å²) < 4.78 is 0. The third-order valence-electron chi connectivity index (χ3n) is 2.86. The Bertz CT molecular complexity index is 441. The number of Topliss-reactive ketones (excluding diaryl/α,β-unsaturated/α-hetero) is 2. The summed E-state index contributed by atoms with van der Waals surface area (Å²) in [5, 5.41) is 0.420. The quantitative estimate of drug-likeness (QED) is 0.539. The Labute approximate surface area is 113 Å². The third kappa shape index (κ3) is 3.81. The molecule has 0 atom stereocenters. The minimum atomic E-state index is -0.165. The van der Waals surface area contributed by atoms with E-state index in [0.717, 1.165) is 12.0 Å². The molecule has 0 unspecified atom stereocenters. The minimum absolute atomic E-state index is 0.121. The van der Waals surface area contributed by atoms with Crippen LogP contribution < -0.4 is 0 Å². The molecule has 0 amide bonds. The number of hydrogen-bond donors (Lipinski definition) is 0. The Hall–Kier alpha value is -1.41. The first-order valence-electron chi connectivity index (χ1n) is 5.99. The van der Waals surface area contributed by atoms with Gasteiger partial charge in [0.2, 0.25) is 0 Å². The number of hydrogen-bond acceptors (Lipinski definition) is 2. The lowest BCUT2D eigenvalue weighted by Gasteiger charge is -2.13. The normalized spacial score (nSPS) is 16.7. The zero-order valence-corrected chi connectivity index (χ0v) is 11.1. The fourth-order valence-electron chi connectivity index (χ4n) is 1.90. The molecule has 3 heteroatoms. The summed E-state index contributed by atoms with van der Waals surface area (Å²) in [5.41, 5.74) is 1.14. The number of ketones is 2. The van der Waals surface area contributed by atoms with Gasteiger partial charge in [0.15, 0.2) is 11.6 Å². The van der Waals surface area contributed by atoms with Crippen molar-refractivity contribution in [1.29, 1.82) is 0 Å². The molecule has 1 aliphatic rings. The van der Waals surface area contributed by atoms with Gasteiger partial charge in [0.25, 0.3) is 0 Å². The van der Waals surface area contributed by atoms with E-state index in [-0.39, 0.29) is 23.6 Å². The van der Waals surface area contributed by atoms with Gasteiger partial charge < -0.3 is 0 Å². The van der Waals surface area contributed by atoms with Crippen molar-refractivity contribution in [1.82, 2.24) is 0 Å². The average Bonchev–Trinajstić information content (AvgIpc) is 2.34. The minimum Gasteiger partial charge on any atom is -0.294 e. The average molecular weight is 265 g/mol. The van der Waals surface area contributed by atoms with E-state index in [1.54, 1.807) is 18.2 Å². The van der Waals surface area contributed by atoms with Crippen LogP contribution in [0.2, 0.25) is 0 Å². The van der Waals surface area contributed by atoms with Crippen LogP contribution in [0.4, 0.5) is 0 Å². The third-order valence-corrected chi connectivity index (χ3v) is 3.24. The van der Waals surface area contributed by atoms with Gasteiger partial charge in [-0.3, -0.25) is 9.59 Å². The van der Waals surface area contributed by atoms with E-state index in [9.17, 15) is 9.59 Å². The smallest absolute Gasteiger partial charge is 0.167 e. The summed E-state index contributed by atoms with van der Waals surface area (Å²) in [4.78, 5) is 23.7. The monoisotopic (exact) mass is 264 g/mol. The first-order valence-corrected chi connectivity index (χ1v) is 6.37. The molecule has 0 saturated heterocycles. The number of carbonyl (C=O) groups excluding carboxylic acids is 2. The van der Waals surface area contributed by atoms with E-state index < -0.39 is 0 Å². The summed E-state index contributed by atoms with van der Waals surface area (Å²) >= 11 is 5.97. The second-order valence-electron chi connectivity index (χ2n) is 4.16. The van der Waals surface area contributed by atoms with Crippen LogP contribution >= 0.6 is 11.6 Å². The van der Waals surface area contributed by atoms with Crippen LogP contribution in [0.25, 0.3) is 0 Å². The zero-order chi connectivity index (χ0) is 13.5. The molecule has 2 nitrogen and oxygen atoms in total. The fraction of sp³-hybridized carbons (Fsp3) is 0.333. The largest absolute Gasteiger partial charge is 0.294 e. The molecule has 0 heterocycles. The highest BCUT2D eigenvalue weighted by Crippen LogP contribution is 2.27. The van der Waals surface area contributed by atoms with Crippen molar-refractivity contribution < 1.29 is 9.59 Å². The van der Waals surface area contributed by atoms with E-state index in [2.05, 4.69) is 13.2 Å². The van der Waals surface area contributed by atoms with Crippen molar-refractivity contribution in [3.8, 4) is 0 Å². The van der Waals surface area contributed by atoms with Crippen LogP contribution in [-0.4, -0.2) is 11.6 Å². The molecule has 0 aliphatic heterocycles. The van der Waals surface area contributed by atoms with Gasteiger partial charge in [-0.25, -0.2) is 0 Å². The molecule has 0 bridgehead atoms. The zero-order valence-electron chi connectivity index (χ0n) is 10.4. The van der Waals surface area contributed by atoms with Crippen molar-refractivity contribution in [3.05, 3.63) is 47.6 Å². The van der Waals surface area contributed by atoms with E-state index in [1.807, 2.05) is 0 Å². The van der Waals surface area contributed by atoms with Gasteiger partial charge in [-0.1, -0.05) is 43.0 Å². The van der Waals surface area contributed by atoms with E-state index in [1.165, 1.54) is 0 Å². The molecule has 18 heavy (non-hydrogen) atoms. The van der Waals surface area contributed by atoms with E-state index in [4.69, 9.17) is 11.6 Å². The summed E-state index contributed by atoms with van der Waals surface area (Å²) in [7, 11) is 0. The molecule has 96 valence electrons. The SMILES string of the molecule is C=C/C=C(\C=C)CCC(=O)C1=C(Cl)CCCC1=O. The van der Waals surface area contributed by atoms with E-state index >= 15 is 0 Å². The number of carbonyl (C=O) groups is 2. The predicted molar refractivity (Wildman–Crippen MR) is 74.5 cm³/mol. The Morgan fingerprint density at radius 1 is 1.28 bits per heavy atom. The molecule has 1 aliphatic carbocycles. The van der Waals surface area contributed by atoms with Gasteiger partial charge in [0.1, 0.15) is 0 Å². The summed E-state index contributed by atoms with van der Waals surface area (Å²) in [6, 6.07) is 0. The van der Waals surface area contributed by atoms with Crippen LogP contribution in [0, 0.1) is 0 Å². The van der Waals surface area contributed by atoms with Gasteiger partial charge >= 0.3 is 0 Å². The first-order chi connectivity index (χ1) is 8.60. The second kappa shape index (κ2) is 7.12.